The summed E-state index contributed by atoms with van der Waals surface area (Å²) in [4.78, 5) is 2.73. The smallest absolute Gasteiger partial charge is 0.0122 e. The summed E-state index contributed by atoms with van der Waals surface area (Å²) in [7, 11) is 0. The van der Waals surface area contributed by atoms with Gasteiger partial charge in [0, 0.05) is 25.2 Å². The maximum atomic E-state index is 3.52. The molecule has 13 heavy (non-hydrogen) atoms. The van der Waals surface area contributed by atoms with Crippen molar-refractivity contribution in [2.75, 3.05) is 19.6 Å². The molecule has 0 aromatic heterocycles. The van der Waals surface area contributed by atoms with Crippen LogP contribution in [0.5, 0.6) is 0 Å². The van der Waals surface area contributed by atoms with E-state index in [1.165, 1.54) is 45.3 Å². The molecule has 0 amide bonds. The lowest BCUT2D eigenvalue weighted by molar-refractivity contribution is 0.0177. The first kappa shape index (κ1) is 8.25. The van der Waals surface area contributed by atoms with E-state index in [0.717, 1.165) is 17.5 Å². The van der Waals surface area contributed by atoms with Crippen LogP contribution in [-0.4, -0.2) is 36.6 Å². The minimum atomic E-state index is 0.745. The predicted octanol–water partition coefficient (Wildman–Crippen LogP) is 1.22. The van der Waals surface area contributed by atoms with Gasteiger partial charge in [-0.3, -0.25) is 4.90 Å². The van der Waals surface area contributed by atoms with Crippen molar-refractivity contribution in [2.24, 2.45) is 5.41 Å². The van der Waals surface area contributed by atoms with Gasteiger partial charge in [0.05, 0.1) is 0 Å². The average molecular weight is 180 g/mol. The van der Waals surface area contributed by atoms with Gasteiger partial charge >= 0.3 is 0 Å². The summed E-state index contributed by atoms with van der Waals surface area (Å²) in [5, 5.41) is 3.52. The summed E-state index contributed by atoms with van der Waals surface area (Å²) < 4.78 is 0. The molecule has 2 heterocycles. The zero-order chi connectivity index (χ0) is 8.89. The molecule has 2 atom stereocenters. The van der Waals surface area contributed by atoms with E-state index in [9.17, 15) is 0 Å². The standard InChI is InChI=1S/C11H20N2/c1-9-6-10(2-5-12-9)13-7-11(8-13)3-4-11/h9-10,12H,2-8H2,1H3. The molecule has 3 aliphatic rings. The van der Waals surface area contributed by atoms with E-state index in [1.807, 2.05) is 0 Å². The second-order valence-electron chi connectivity index (χ2n) is 5.44. The van der Waals surface area contributed by atoms with Gasteiger partial charge in [-0.1, -0.05) is 0 Å². The molecular weight excluding hydrogens is 160 g/mol. The van der Waals surface area contributed by atoms with Crippen molar-refractivity contribution in [1.82, 2.24) is 10.2 Å². The first-order valence-corrected chi connectivity index (χ1v) is 5.75. The Morgan fingerprint density at radius 1 is 1.31 bits per heavy atom. The summed E-state index contributed by atoms with van der Waals surface area (Å²) in [5.74, 6) is 0. The molecule has 1 N–H and O–H groups in total. The van der Waals surface area contributed by atoms with E-state index in [4.69, 9.17) is 0 Å². The second-order valence-corrected chi connectivity index (χ2v) is 5.44. The molecule has 2 saturated heterocycles. The van der Waals surface area contributed by atoms with Gasteiger partial charge in [-0.25, -0.2) is 0 Å². The highest BCUT2D eigenvalue weighted by molar-refractivity contribution is 5.07. The molecule has 3 rings (SSSR count). The number of piperidine rings is 1. The summed E-state index contributed by atoms with van der Waals surface area (Å²) in [6.45, 7) is 6.39. The molecule has 1 aliphatic carbocycles. The number of hydrogen-bond acceptors (Lipinski definition) is 2. The van der Waals surface area contributed by atoms with Crippen molar-refractivity contribution in [3.8, 4) is 0 Å². The number of rotatable bonds is 1. The van der Waals surface area contributed by atoms with Gasteiger partial charge < -0.3 is 5.32 Å². The molecule has 2 nitrogen and oxygen atoms in total. The molecule has 2 heteroatoms. The van der Waals surface area contributed by atoms with Crippen LogP contribution in [0.15, 0.2) is 0 Å². The van der Waals surface area contributed by atoms with E-state index in [0.29, 0.717) is 0 Å². The zero-order valence-electron chi connectivity index (χ0n) is 8.55. The Morgan fingerprint density at radius 3 is 2.69 bits per heavy atom. The number of nitrogens with zero attached hydrogens (tertiary/aromatic N) is 1. The lowest BCUT2D eigenvalue weighted by atomic mass is 9.89. The topological polar surface area (TPSA) is 15.3 Å². The Labute approximate surface area is 80.7 Å². The van der Waals surface area contributed by atoms with Crippen molar-refractivity contribution in [2.45, 2.75) is 44.7 Å². The summed E-state index contributed by atoms with van der Waals surface area (Å²) >= 11 is 0. The van der Waals surface area contributed by atoms with E-state index in [2.05, 4.69) is 17.1 Å². The Bertz CT molecular complexity index is 202. The van der Waals surface area contributed by atoms with E-state index < -0.39 is 0 Å². The molecule has 2 aliphatic heterocycles. The largest absolute Gasteiger partial charge is 0.314 e. The molecular formula is C11H20N2. The number of nitrogens with one attached hydrogen (secondary N) is 1. The van der Waals surface area contributed by atoms with Gasteiger partial charge in [-0.2, -0.15) is 0 Å². The maximum Gasteiger partial charge on any atom is 0.0122 e. The third kappa shape index (κ3) is 1.40. The van der Waals surface area contributed by atoms with Crippen LogP contribution in [0.1, 0.15) is 32.6 Å². The highest BCUT2D eigenvalue weighted by Crippen LogP contribution is 2.53. The number of likely N-dealkylation sites (tertiary alicyclic amines) is 1. The average Bonchev–Trinajstić information content (AvgIpc) is 2.80. The minimum Gasteiger partial charge on any atom is -0.314 e. The van der Waals surface area contributed by atoms with Crippen molar-refractivity contribution >= 4 is 0 Å². The highest BCUT2D eigenvalue weighted by atomic mass is 15.3. The van der Waals surface area contributed by atoms with Crippen LogP contribution in [0.2, 0.25) is 0 Å². The van der Waals surface area contributed by atoms with E-state index >= 15 is 0 Å². The first-order chi connectivity index (χ1) is 6.27. The Kier molecular flexibility index (Phi) is 1.72. The Hall–Kier alpha value is -0.0800. The summed E-state index contributed by atoms with van der Waals surface area (Å²) in [6.07, 6.45) is 5.78. The summed E-state index contributed by atoms with van der Waals surface area (Å²) in [6, 6.07) is 1.65. The second kappa shape index (κ2) is 2.71. The number of hydrogen-bond donors (Lipinski definition) is 1. The molecule has 3 fully saturated rings. The van der Waals surface area contributed by atoms with Gasteiger partial charge in [0.25, 0.3) is 0 Å². The quantitative estimate of drug-likeness (QED) is 0.653. The maximum absolute atomic E-state index is 3.52. The van der Waals surface area contributed by atoms with Crippen molar-refractivity contribution in [3.63, 3.8) is 0 Å². The van der Waals surface area contributed by atoms with Crippen molar-refractivity contribution in [3.05, 3.63) is 0 Å². The fourth-order valence-electron chi connectivity index (χ4n) is 3.00. The third-order valence-electron chi connectivity index (χ3n) is 4.15. The van der Waals surface area contributed by atoms with Crippen LogP contribution in [0.25, 0.3) is 0 Å². The SMILES string of the molecule is CC1CC(N2CC3(CC3)C2)CCN1. The highest BCUT2D eigenvalue weighted by Gasteiger charge is 2.53. The predicted molar refractivity (Wildman–Crippen MR) is 53.7 cm³/mol. The van der Waals surface area contributed by atoms with Crippen LogP contribution < -0.4 is 5.32 Å². The van der Waals surface area contributed by atoms with E-state index in [-0.39, 0.29) is 0 Å². The molecule has 74 valence electrons. The summed E-state index contributed by atoms with van der Waals surface area (Å²) in [5.41, 5.74) is 0.841. The van der Waals surface area contributed by atoms with Gasteiger partial charge in [0.15, 0.2) is 0 Å². The molecule has 0 aromatic carbocycles. The van der Waals surface area contributed by atoms with Crippen LogP contribution in [0.3, 0.4) is 0 Å². The van der Waals surface area contributed by atoms with Gasteiger partial charge in [-0.05, 0) is 44.6 Å². The fourth-order valence-corrected chi connectivity index (χ4v) is 3.00. The van der Waals surface area contributed by atoms with E-state index in [1.54, 1.807) is 0 Å². The third-order valence-corrected chi connectivity index (χ3v) is 4.15. The lowest BCUT2D eigenvalue weighted by Crippen LogP contribution is -2.57. The molecule has 1 saturated carbocycles. The first-order valence-electron chi connectivity index (χ1n) is 5.75. The Balaban J connectivity index is 1.54. The minimum absolute atomic E-state index is 0.745. The fraction of sp³-hybridized carbons (Fsp3) is 1.00. The van der Waals surface area contributed by atoms with Crippen LogP contribution in [0, 0.1) is 5.41 Å². The van der Waals surface area contributed by atoms with Crippen LogP contribution >= 0.6 is 0 Å². The lowest BCUT2D eigenvalue weighted by Gasteiger charge is -2.47. The normalized spacial score (nSPS) is 43.2. The molecule has 0 radical (unpaired) electrons. The van der Waals surface area contributed by atoms with Crippen LogP contribution in [-0.2, 0) is 0 Å². The van der Waals surface area contributed by atoms with Crippen LogP contribution in [0.4, 0.5) is 0 Å². The van der Waals surface area contributed by atoms with Crippen molar-refractivity contribution in [1.29, 1.82) is 0 Å². The molecule has 1 spiro atoms. The zero-order valence-corrected chi connectivity index (χ0v) is 8.55. The molecule has 2 unspecified atom stereocenters. The van der Waals surface area contributed by atoms with Crippen molar-refractivity contribution < 1.29 is 0 Å². The van der Waals surface area contributed by atoms with Gasteiger partial charge in [0.2, 0.25) is 0 Å². The monoisotopic (exact) mass is 180 g/mol. The van der Waals surface area contributed by atoms with Gasteiger partial charge in [0.1, 0.15) is 0 Å². The Morgan fingerprint density at radius 2 is 2.08 bits per heavy atom. The van der Waals surface area contributed by atoms with Gasteiger partial charge in [-0.15, -0.1) is 0 Å². The molecule has 0 aromatic rings. The molecule has 0 bridgehead atoms.